The van der Waals surface area contributed by atoms with Gasteiger partial charge in [-0.1, -0.05) is 57.2 Å². The molecule has 0 spiro atoms. The van der Waals surface area contributed by atoms with Gasteiger partial charge in [0.15, 0.2) is 5.96 Å². The normalized spacial score (nSPS) is 12.8. The zero-order valence-corrected chi connectivity index (χ0v) is 25.0. The number of aromatic amines is 1. The Bertz CT molecular complexity index is 1140. The third-order valence-corrected chi connectivity index (χ3v) is 6.39. The molecule has 7 N–H and O–H groups in total. The molecule has 2 aromatic rings. The second kappa shape index (κ2) is 17.1. The molecule has 1 aromatic heterocycles. The fourth-order valence-electron chi connectivity index (χ4n) is 4.36. The molecule has 11 heteroatoms. The van der Waals surface area contributed by atoms with Crippen LogP contribution in [0.25, 0.3) is 10.9 Å². The Kier molecular flexibility index (Phi) is 14.0. The molecule has 0 radical (unpaired) electrons. The summed E-state index contributed by atoms with van der Waals surface area (Å²) in [6.45, 7) is 7.93. The maximum Gasteiger partial charge on any atom is 0.408 e. The molecule has 0 bridgehead atoms. The van der Waals surface area contributed by atoms with E-state index >= 15 is 0 Å². The molecule has 0 aliphatic carbocycles. The molecule has 1 heterocycles. The number of ether oxygens (including phenoxy) is 2. The Morgan fingerprint density at radius 1 is 0.976 bits per heavy atom. The smallest absolute Gasteiger partial charge is 0.408 e. The van der Waals surface area contributed by atoms with Gasteiger partial charge in [0.25, 0.3) is 0 Å². The highest BCUT2D eigenvalue weighted by molar-refractivity contribution is 5.90. The lowest BCUT2D eigenvalue weighted by atomic mass is 10.0. The fourth-order valence-corrected chi connectivity index (χ4v) is 4.36. The lowest BCUT2D eigenvalue weighted by Gasteiger charge is -2.25. The first-order valence-electron chi connectivity index (χ1n) is 14.6. The number of unbranched alkanes of at least 4 members (excludes halogenated alkanes) is 5. The van der Waals surface area contributed by atoms with Crippen molar-refractivity contribution < 1.29 is 23.9 Å². The third kappa shape index (κ3) is 13.0. The molecule has 1 aromatic carbocycles. The number of nitrogens with one attached hydrogen (secondary N) is 3. The van der Waals surface area contributed by atoms with Crippen molar-refractivity contribution in [3.05, 3.63) is 36.0 Å². The summed E-state index contributed by atoms with van der Waals surface area (Å²) in [6, 6.07) is 5.81. The van der Waals surface area contributed by atoms with Crippen molar-refractivity contribution in [1.29, 1.82) is 0 Å². The molecule has 0 aliphatic heterocycles. The number of hydrogen-bond acceptors (Lipinski definition) is 6. The van der Waals surface area contributed by atoms with Crippen molar-refractivity contribution in [1.82, 2.24) is 15.6 Å². The van der Waals surface area contributed by atoms with Crippen LogP contribution in [0.15, 0.2) is 35.5 Å². The van der Waals surface area contributed by atoms with Crippen molar-refractivity contribution in [2.75, 3.05) is 13.2 Å². The minimum atomic E-state index is -0.976. The average Bonchev–Trinajstić information content (AvgIpc) is 3.31. The number of H-pyrrole nitrogens is 1. The zero-order valence-electron chi connectivity index (χ0n) is 25.0. The molecule has 0 fully saturated rings. The summed E-state index contributed by atoms with van der Waals surface area (Å²) in [6.07, 6.45) is 8.33. The second-order valence-corrected chi connectivity index (χ2v) is 11.2. The minimum Gasteiger partial charge on any atom is -0.464 e. The highest BCUT2D eigenvalue weighted by Gasteiger charge is 2.29. The van der Waals surface area contributed by atoms with Crippen LogP contribution in [0.4, 0.5) is 4.79 Å². The van der Waals surface area contributed by atoms with E-state index in [1.54, 1.807) is 20.8 Å². The number of carbonyl (C=O) groups is 3. The molecule has 0 aliphatic rings. The number of hydrogen-bond donors (Lipinski definition) is 5. The van der Waals surface area contributed by atoms with E-state index in [9.17, 15) is 14.4 Å². The number of nitrogens with two attached hydrogens (primary N) is 2. The van der Waals surface area contributed by atoms with Crippen LogP contribution in [0.5, 0.6) is 0 Å². The molecule has 2 atom stereocenters. The van der Waals surface area contributed by atoms with Crippen LogP contribution >= 0.6 is 0 Å². The van der Waals surface area contributed by atoms with Gasteiger partial charge in [-0.3, -0.25) is 9.79 Å². The molecule has 11 nitrogen and oxygen atoms in total. The first-order valence-corrected chi connectivity index (χ1v) is 14.6. The van der Waals surface area contributed by atoms with E-state index in [1.165, 1.54) is 19.3 Å². The number of amides is 2. The first kappa shape index (κ1) is 33.4. The van der Waals surface area contributed by atoms with Gasteiger partial charge in [0.1, 0.15) is 17.7 Å². The summed E-state index contributed by atoms with van der Waals surface area (Å²) in [7, 11) is 0. The molecule has 228 valence electrons. The number of fused-ring (bicyclic) bond motifs is 1. The number of rotatable bonds is 17. The van der Waals surface area contributed by atoms with Gasteiger partial charge in [-0.15, -0.1) is 0 Å². The van der Waals surface area contributed by atoms with Gasteiger partial charge in [-0.2, -0.15) is 0 Å². The van der Waals surface area contributed by atoms with Crippen LogP contribution in [-0.4, -0.2) is 59.7 Å². The number of aliphatic imine (C=N–C) groups is 1. The number of carbonyl (C=O) groups excluding carboxylic acids is 3. The van der Waals surface area contributed by atoms with Crippen molar-refractivity contribution in [2.45, 2.75) is 103 Å². The number of nitrogens with zero attached hydrogens (tertiary/aromatic N) is 1. The maximum atomic E-state index is 13.5. The van der Waals surface area contributed by atoms with Crippen molar-refractivity contribution in [3.8, 4) is 0 Å². The number of alkyl carbamates (subject to hydrolysis) is 1. The lowest BCUT2D eigenvalue weighted by molar-refractivity contribution is -0.148. The van der Waals surface area contributed by atoms with E-state index in [4.69, 9.17) is 20.9 Å². The molecule has 2 rings (SSSR count). The van der Waals surface area contributed by atoms with Crippen molar-refractivity contribution in [2.24, 2.45) is 16.5 Å². The number of esters is 1. The van der Waals surface area contributed by atoms with E-state index in [1.807, 2.05) is 30.5 Å². The first-order chi connectivity index (χ1) is 19.5. The largest absolute Gasteiger partial charge is 0.464 e. The summed E-state index contributed by atoms with van der Waals surface area (Å²) >= 11 is 0. The molecular weight excluding hydrogens is 524 g/mol. The van der Waals surface area contributed by atoms with Gasteiger partial charge < -0.3 is 36.6 Å². The molecule has 0 unspecified atom stereocenters. The van der Waals surface area contributed by atoms with Crippen molar-refractivity contribution in [3.63, 3.8) is 0 Å². The monoisotopic (exact) mass is 572 g/mol. The summed E-state index contributed by atoms with van der Waals surface area (Å²) in [5, 5.41) is 6.41. The number of benzene rings is 1. The number of aromatic nitrogens is 1. The van der Waals surface area contributed by atoms with Crippen LogP contribution < -0.4 is 22.1 Å². The van der Waals surface area contributed by atoms with Crippen LogP contribution in [-0.2, 0) is 25.5 Å². The van der Waals surface area contributed by atoms with Gasteiger partial charge in [-0.25, -0.2) is 9.59 Å². The molecular formula is C30H48N6O5. The van der Waals surface area contributed by atoms with Crippen molar-refractivity contribution >= 4 is 34.8 Å². The fraction of sp³-hybridized carbons (Fsp3) is 0.600. The van der Waals surface area contributed by atoms with Crippen LogP contribution in [0.1, 0.15) is 84.6 Å². The topological polar surface area (TPSA) is 174 Å². The Labute approximate surface area is 243 Å². The number of guanidine groups is 1. The van der Waals surface area contributed by atoms with Gasteiger partial charge in [0.05, 0.1) is 6.61 Å². The standard InChI is InChI=1S/C30H48N6O5/c1-5-6-7-8-9-12-18-40-27(38)25(19-21-20-34-23-15-11-10-14-22(21)23)35-26(37)24(16-13-17-33-28(31)32)36-29(39)41-30(2,3)4/h10-11,14-15,20,24-25,34H,5-9,12-13,16-19H2,1-4H3,(H,35,37)(H,36,39)(H4,31,32,33)/t24-,25-/m0/s1. The summed E-state index contributed by atoms with van der Waals surface area (Å²) in [5.74, 6) is -1.10. The number of para-hydroxylation sites is 1. The van der Waals surface area contributed by atoms with Gasteiger partial charge in [0.2, 0.25) is 5.91 Å². The minimum absolute atomic E-state index is 0.0574. The summed E-state index contributed by atoms with van der Waals surface area (Å²) in [5.41, 5.74) is 11.9. The van der Waals surface area contributed by atoms with Gasteiger partial charge >= 0.3 is 12.1 Å². The molecule has 0 saturated heterocycles. The Morgan fingerprint density at radius 3 is 2.39 bits per heavy atom. The Hall–Kier alpha value is -3.76. The molecule has 41 heavy (non-hydrogen) atoms. The predicted octanol–water partition coefficient (Wildman–Crippen LogP) is 4.05. The quantitative estimate of drug-likeness (QED) is 0.0822. The SMILES string of the molecule is CCCCCCCCOC(=O)[C@H](Cc1c[nH]c2ccccc12)NC(=O)[C@H](CCCN=C(N)N)NC(=O)OC(C)(C)C. The van der Waals surface area contributed by atoms with Gasteiger partial charge in [0, 0.05) is 30.1 Å². The van der Waals surface area contributed by atoms with E-state index < -0.39 is 35.7 Å². The van der Waals surface area contributed by atoms with E-state index in [0.29, 0.717) is 6.42 Å². The maximum absolute atomic E-state index is 13.5. The third-order valence-electron chi connectivity index (χ3n) is 6.39. The van der Waals surface area contributed by atoms with Crippen LogP contribution in [0, 0.1) is 0 Å². The van der Waals surface area contributed by atoms with E-state index in [-0.39, 0.29) is 32.0 Å². The van der Waals surface area contributed by atoms with E-state index in [2.05, 4.69) is 27.5 Å². The Morgan fingerprint density at radius 2 is 1.68 bits per heavy atom. The summed E-state index contributed by atoms with van der Waals surface area (Å²) < 4.78 is 11.0. The molecule has 2 amide bonds. The Balaban J connectivity index is 2.15. The highest BCUT2D eigenvalue weighted by Crippen LogP contribution is 2.20. The zero-order chi connectivity index (χ0) is 30.3. The summed E-state index contributed by atoms with van der Waals surface area (Å²) in [4.78, 5) is 46.4. The molecule has 0 saturated carbocycles. The van der Waals surface area contributed by atoms with Crippen LogP contribution in [0.2, 0.25) is 0 Å². The average molecular weight is 573 g/mol. The lowest BCUT2D eigenvalue weighted by Crippen LogP contribution is -2.53. The van der Waals surface area contributed by atoms with E-state index in [0.717, 1.165) is 35.7 Å². The predicted molar refractivity (Wildman–Crippen MR) is 161 cm³/mol. The van der Waals surface area contributed by atoms with Crippen LogP contribution in [0.3, 0.4) is 0 Å². The van der Waals surface area contributed by atoms with Gasteiger partial charge in [-0.05, 0) is 51.7 Å². The second-order valence-electron chi connectivity index (χ2n) is 11.2. The highest BCUT2D eigenvalue weighted by atomic mass is 16.6.